The maximum Gasteiger partial charge on any atom is 0.255 e. The molecule has 0 spiro atoms. The monoisotopic (exact) mass is 391 g/mol. The topological polar surface area (TPSA) is 84.2 Å². The summed E-state index contributed by atoms with van der Waals surface area (Å²) in [7, 11) is 0. The average molecular weight is 391 g/mol. The largest absolute Gasteiger partial charge is 0.397 e. The van der Waals surface area contributed by atoms with Crippen molar-refractivity contribution in [1.82, 2.24) is 0 Å². The number of nitrogens with one attached hydrogen (secondary N) is 2. The molecule has 0 aromatic heterocycles. The fourth-order valence-corrected chi connectivity index (χ4v) is 3.03. The fraction of sp³-hybridized carbons (Fsp3) is 0.130. The van der Waals surface area contributed by atoms with Gasteiger partial charge in [-0.05, 0) is 54.4 Å². The maximum absolute atomic E-state index is 13.1. The SMILES string of the molecule is CC[C@H](C(=O)Nc1ccc(C(=O)Nc2ccc(F)cc2N)cc1)c1ccccc1. The Kier molecular flexibility index (Phi) is 6.24. The van der Waals surface area contributed by atoms with Gasteiger partial charge in [0, 0.05) is 11.3 Å². The van der Waals surface area contributed by atoms with Crippen LogP contribution < -0.4 is 16.4 Å². The van der Waals surface area contributed by atoms with Crippen LogP contribution in [0.4, 0.5) is 21.5 Å². The van der Waals surface area contributed by atoms with Crippen molar-refractivity contribution in [2.24, 2.45) is 0 Å². The van der Waals surface area contributed by atoms with Gasteiger partial charge in [0.25, 0.3) is 5.91 Å². The highest BCUT2D eigenvalue weighted by atomic mass is 19.1. The molecule has 6 heteroatoms. The molecule has 29 heavy (non-hydrogen) atoms. The van der Waals surface area contributed by atoms with Gasteiger partial charge in [-0.15, -0.1) is 0 Å². The fourth-order valence-electron chi connectivity index (χ4n) is 3.03. The molecule has 0 saturated carbocycles. The number of carbonyl (C=O) groups excluding carboxylic acids is 2. The summed E-state index contributed by atoms with van der Waals surface area (Å²) in [5.41, 5.74) is 8.15. The Morgan fingerprint density at radius 3 is 2.28 bits per heavy atom. The molecule has 148 valence electrons. The lowest BCUT2D eigenvalue weighted by Gasteiger charge is -2.15. The van der Waals surface area contributed by atoms with Gasteiger partial charge in [0.2, 0.25) is 5.91 Å². The molecule has 0 unspecified atom stereocenters. The van der Waals surface area contributed by atoms with Crippen LogP contribution in [-0.2, 0) is 4.79 Å². The number of amides is 2. The molecule has 3 rings (SSSR count). The Hall–Kier alpha value is -3.67. The Bertz CT molecular complexity index is 1000. The lowest BCUT2D eigenvalue weighted by Crippen LogP contribution is -2.20. The van der Waals surface area contributed by atoms with Crippen molar-refractivity contribution >= 4 is 28.9 Å². The Labute approximate surface area is 168 Å². The molecule has 0 aliphatic carbocycles. The van der Waals surface area contributed by atoms with Crippen molar-refractivity contribution in [2.45, 2.75) is 19.3 Å². The highest BCUT2D eigenvalue weighted by molar-refractivity contribution is 6.06. The first kappa shape index (κ1) is 20.1. The zero-order valence-electron chi connectivity index (χ0n) is 16.0. The van der Waals surface area contributed by atoms with Gasteiger partial charge >= 0.3 is 0 Å². The third-order valence-electron chi connectivity index (χ3n) is 4.60. The van der Waals surface area contributed by atoms with Crippen LogP contribution in [-0.4, -0.2) is 11.8 Å². The molecule has 0 saturated heterocycles. The van der Waals surface area contributed by atoms with Crippen LogP contribution in [0.2, 0.25) is 0 Å². The van der Waals surface area contributed by atoms with E-state index in [9.17, 15) is 14.0 Å². The van der Waals surface area contributed by atoms with Gasteiger partial charge in [-0.3, -0.25) is 9.59 Å². The van der Waals surface area contributed by atoms with E-state index in [0.29, 0.717) is 23.4 Å². The number of nitrogen functional groups attached to an aromatic ring is 1. The van der Waals surface area contributed by atoms with Crippen LogP contribution in [0.1, 0.15) is 35.2 Å². The van der Waals surface area contributed by atoms with Gasteiger partial charge in [-0.2, -0.15) is 0 Å². The second kappa shape index (κ2) is 9.01. The Balaban J connectivity index is 1.66. The number of carbonyl (C=O) groups is 2. The van der Waals surface area contributed by atoms with Crippen molar-refractivity contribution in [1.29, 1.82) is 0 Å². The molecule has 0 aliphatic heterocycles. The number of hydrogen-bond donors (Lipinski definition) is 3. The van der Waals surface area contributed by atoms with Gasteiger partial charge in [0.05, 0.1) is 17.3 Å². The summed E-state index contributed by atoms with van der Waals surface area (Å²) in [6.45, 7) is 1.96. The lowest BCUT2D eigenvalue weighted by atomic mass is 9.95. The predicted molar refractivity (Wildman–Crippen MR) is 113 cm³/mol. The predicted octanol–water partition coefficient (Wildman–Crippen LogP) is 4.79. The molecule has 3 aromatic carbocycles. The van der Waals surface area contributed by atoms with Gasteiger partial charge in [0.1, 0.15) is 5.82 Å². The minimum absolute atomic E-state index is 0.102. The molecule has 0 heterocycles. The molecule has 0 fully saturated rings. The Morgan fingerprint density at radius 2 is 1.66 bits per heavy atom. The van der Waals surface area contributed by atoms with Crippen LogP contribution in [0.3, 0.4) is 0 Å². The van der Waals surface area contributed by atoms with Crippen LogP contribution in [0.15, 0.2) is 72.8 Å². The summed E-state index contributed by atoms with van der Waals surface area (Å²) in [4.78, 5) is 25.0. The van der Waals surface area contributed by atoms with Gasteiger partial charge < -0.3 is 16.4 Å². The summed E-state index contributed by atoms with van der Waals surface area (Å²) in [6.07, 6.45) is 0.676. The summed E-state index contributed by atoms with van der Waals surface area (Å²) in [5.74, 6) is -1.20. The third-order valence-corrected chi connectivity index (χ3v) is 4.60. The molecule has 5 nitrogen and oxygen atoms in total. The second-order valence-electron chi connectivity index (χ2n) is 6.62. The molecule has 1 atom stereocenters. The number of benzene rings is 3. The van der Waals surface area contributed by atoms with Crippen LogP contribution in [0.5, 0.6) is 0 Å². The maximum atomic E-state index is 13.1. The van der Waals surface area contributed by atoms with Crippen LogP contribution >= 0.6 is 0 Å². The van der Waals surface area contributed by atoms with E-state index in [1.807, 2.05) is 37.3 Å². The van der Waals surface area contributed by atoms with E-state index in [1.54, 1.807) is 24.3 Å². The first-order valence-corrected chi connectivity index (χ1v) is 9.30. The number of rotatable bonds is 6. The summed E-state index contributed by atoms with van der Waals surface area (Å²) in [5, 5.41) is 5.54. The van der Waals surface area contributed by atoms with Crippen molar-refractivity contribution in [2.75, 3.05) is 16.4 Å². The molecular weight excluding hydrogens is 369 g/mol. The molecule has 0 bridgehead atoms. The first-order chi connectivity index (χ1) is 14.0. The van der Waals surface area contributed by atoms with Crippen molar-refractivity contribution < 1.29 is 14.0 Å². The molecule has 3 aromatic rings. The van der Waals surface area contributed by atoms with E-state index in [-0.39, 0.29) is 23.4 Å². The van der Waals surface area contributed by atoms with Crippen LogP contribution in [0.25, 0.3) is 0 Å². The first-order valence-electron chi connectivity index (χ1n) is 9.30. The van der Waals surface area contributed by atoms with Crippen molar-refractivity contribution in [3.8, 4) is 0 Å². The molecular formula is C23H22FN3O2. The Morgan fingerprint density at radius 1 is 0.966 bits per heavy atom. The van der Waals surface area contributed by atoms with Gasteiger partial charge in [0.15, 0.2) is 0 Å². The number of anilines is 3. The highest BCUT2D eigenvalue weighted by Crippen LogP contribution is 2.23. The standard InChI is InChI=1S/C23H22FN3O2/c1-2-19(15-6-4-3-5-7-15)23(29)26-18-11-8-16(9-12-18)22(28)27-21-13-10-17(24)14-20(21)25/h3-14,19H,2,25H2,1H3,(H,26,29)(H,27,28)/t19-/m0/s1. The zero-order valence-corrected chi connectivity index (χ0v) is 16.0. The molecule has 2 amide bonds. The highest BCUT2D eigenvalue weighted by Gasteiger charge is 2.18. The van der Waals surface area contributed by atoms with E-state index in [4.69, 9.17) is 5.73 Å². The van der Waals surface area contributed by atoms with Gasteiger partial charge in [-0.25, -0.2) is 4.39 Å². The summed E-state index contributed by atoms with van der Waals surface area (Å²) >= 11 is 0. The zero-order chi connectivity index (χ0) is 20.8. The number of nitrogens with two attached hydrogens (primary N) is 1. The molecule has 0 radical (unpaired) electrons. The number of hydrogen-bond acceptors (Lipinski definition) is 3. The quantitative estimate of drug-likeness (QED) is 0.528. The average Bonchev–Trinajstić information content (AvgIpc) is 2.72. The third kappa shape index (κ3) is 4.99. The smallest absolute Gasteiger partial charge is 0.255 e. The summed E-state index contributed by atoms with van der Waals surface area (Å²) in [6, 6.07) is 19.9. The molecule has 4 N–H and O–H groups in total. The van der Waals surface area contributed by atoms with Crippen LogP contribution in [0, 0.1) is 5.82 Å². The van der Waals surface area contributed by atoms with E-state index in [0.717, 1.165) is 11.6 Å². The normalized spacial score (nSPS) is 11.5. The van der Waals surface area contributed by atoms with E-state index in [2.05, 4.69) is 10.6 Å². The van der Waals surface area contributed by atoms with E-state index < -0.39 is 5.82 Å². The van der Waals surface area contributed by atoms with Gasteiger partial charge in [-0.1, -0.05) is 37.3 Å². The molecule has 0 aliphatic rings. The minimum Gasteiger partial charge on any atom is -0.397 e. The lowest BCUT2D eigenvalue weighted by molar-refractivity contribution is -0.117. The second-order valence-corrected chi connectivity index (χ2v) is 6.62. The van der Waals surface area contributed by atoms with E-state index >= 15 is 0 Å². The van der Waals surface area contributed by atoms with E-state index in [1.165, 1.54) is 12.1 Å². The van der Waals surface area contributed by atoms with Crippen molar-refractivity contribution in [3.63, 3.8) is 0 Å². The van der Waals surface area contributed by atoms with Crippen molar-refractivity contribution in [3.05, 3.63) is 89.7 Å². The number of halogens is 1. The summed E-state index contributed by atoms with van der Waals surface area (Å²) < 4.78 is 13.1. The minimum atomic E-state index is -0.471.